The van der Waals surface area contributed by atoms with Crippen molar-refractivity contribution in [1.82, 2.24) is 15.2 Å². The van der Waals surface area contributed by atoms with E-state index in [2.05, 4.69) is 10.6 Å². The maximum absolute atomic E-state index is 12.4. The van der Waals surface area contributed by atoms with E-state index >= 15 is 0 Å². The van der Waals surface area contributed by atoms with Crippen LogP contribution in [0.15, 0.2) is 41.3 Å². The number of rotatable bonds is 8. The lowest BCUT2D eigenvalue weighted by Crippen LogP contribution is -2.31. The van der Waals surface area contributed by atoms with Gasteiger partial charge in [0.1, 0.15) is 17.9 Å². The minimum Gasteiger partial charge on any atom is -0.492 e. The molecular weight excluding hydrogens is 372 g/mol. The molecule has 8 heteroatoms. The lowest BCUT2D eigenvalue weighted by molar-refractivity contribution is 0.0961. The van der Waals surface area contributed by atoms with E-state index in [1.807, 2.05) is 19.2 Å². The van der Waals surface area contributed by atoms with E-state index in [9.17, 15) is 14.4 Å². The highest BCUT2D eigenvalue weighted by atomic mass is 16.5. The Bertz CT molecular complexity index is 873. The fraction of sp³-hybridized carbons (Fsp3) is 0.381. The van der Waals surface area contributed by atoms with Crippen LogP contribution in [0.25, 0.3) is 0 Å². The van der Waals surface area contributed by atoms with Gasteiger partial charge >= 0.3 is 0 Å². The Hall–Kier alpha value is -2.97. The van der Waals surface area contributed by atoms with Gasteiger partial charge in [0.2, 0.25) is 0 Å². The zero-order chi connectivity index (χ0) is 21.2. The normalized spacial score (nSPS) is 12.5. The highest BCUT2D eigenvalue weighted by Crippen LogP contribution is 2.17. The molecule has 4 N–H and O–H groups in total. The van der Waals surface area contributed by atoms with E-state index < -0.39 is 11.5 Å². The molecular formula is C21H28N4O4. The van der Waals surface area contributed by atoms with Gasteiger partial charge in [-0.15, -0.1) is 0 Å². The largest absolute Gasteiger partial charge is 0.492 e. The average molecular weight is 400 g/mol. The van der Waals surface area contributed by atoms with Gasteiger partial charge in [0.05, 0.1) is 6.54 Å². The van der Waals surface area contributed by atoms with Gasteiger partial charge in [-0.05, 0) is 43.7 Å². The molecule has 0 aliphatic heterocycles. The predicted octanol–water partition coefficient (Wildman–Crippen LogP) is 0.774. The molecule has 1 aromatic heterocycles. The van der Waals surface area contributed by atoms with Crippen molar-refractivity contribution in [3.05, 3.63) is 63.6 Å². The molecule has 1 saturated carbocycles. The van der Waals surface area contributed by atoms with Crippen LogP contribution in [-0.2, 0) is 6.54 Å². The standard InChI is InChI=1S/C17H19N3O4.C4H9N/c1-19-16(22)15-8-13(11-21)10-20(17(15)23)9-12-2-4-14(5-3-12)24-7-6-18;1-5-4-2-3-4/h2-5,8,10-11H,6-7,9,18H2,1H3,(H,19,22);4-5H,2-3H2,1H3. The van der Waals surface area contributed by atoms with Crippen LogP contribution in [0.3, 0.4) is 0 Å². The molecule has 1 fully saturated rings. The molecule has 1 amide bonds. The maximum Gasteiger partial charge on any atom is 0.263 e. The molecule has 0 atom stereocenters. The third kappa shape index (κ3) is 6.85. The molecule has 0 saturated heterocycles. The van der Waals surface area contributed by atoms with E-state index in [1.54, 1.807) is 12.1 Å². The first kappa shape index (κ1) is 22.3. The fourth-order valence-electron chi connectivity index (χ4n) is 2.57. The lowest BCUT2D eigenvalue weighted by atomic mass is 10.1. The molecule has 1 aliphatic rings. The van der Waals surface area contributed by atoms with Crippen molar-refractivity contribution in [3.8, 4) is 5.75 Å². The summed E-state index contributed by atoms with van der Waals surface area (Å²) < 4.78 is 6.73. The van der Waals surface area contributed by atoms with E-state index in [1.165, 1.54) is 36.7 Å². The molecule has 29 heavy (non-hydrogen) atoms. The SMILES string of the molecule is CNC(=O)c1cc(C=O)cn(Cc2ccc(OCCN)cc2)c1=O.CNC1CC1. The highest BCUT2D eigenvalue weighted by molar-refractivity contribution is 5.95. The number of aromatic nitrogens is 1. The Balaban J connectivity index is 0.000000521. The summed E-state index contributed by atoms with van der Waals surface area (Å²) in [6.07, 6.45) is 4.83. The number of hydrogen-bond donors (Lipinski definition) is 3. The number of pyridine rings is 1. The van der Waals surface area contributed by atoms with Crippen molar-refractivity contribution in [3.63, 3.8) is 0 Å². The first-order valence-electron chi connectivity index (χ1n) is 9.53. The Morgan fingerprint density at radius 3 is 2.45 bits per heavy atom. The average Bonchev–Trinajstić information content (AvgIpc) is 3.59. The monoisotopic (exact) mass is 400 g/mol. The van der Waals surface area contributed by atoms with Crippen LogP contribution in [-0.4, -0.2) is 50.0 Å². The van der Waals surface area contributed by atoms with Crippen molar-refractivity contribution >= 4 is 12.2 Å². The smallest absolute Gasteiger partial charge is 0.263 e. The number of hydrogen-bond acceptors (Lipinski definition) is 6. The Morgan fingerprint density at radius 1 is 1.28 bits per heavy atom. The second-order valence-electron chi connectivity index (χ2n) is 6.66. The quantitative estimate of drug-likeness (QED) is 0.564. The van der Waals surface area contributed by atoms with Crippen LogP contribution in [0.2, 0.25) is 0 Å². The summed E-state index contributed by atoms with van der Waals surface area (Å²) in [4.78, 5) is 35.2. The molecule has 0 radical (unpaired) electrons. The molecule has 0 bridgehead atoms. The number of aldehydes is 1. The van der Waals surface area contributed by atoms with Gasteiger partial charge in [-0.2, -0.15) is 0 Å². The summed E-state index contributed by atoms with van der Waals surface area (Å²) in [6.45, 7) is 1.09. The second-order valence-corrected chi connectivity index (χ2v) is 6.66. The number of carbonyl (C=O) groups is 2. The van der Waals surface area contributed by atoms with Crippen LogP contribution >= 0.6 is 0 Å². The van der Waals surface area contributed by atoms with Crippen molar-refractivity contribution in [2.45, 2.75) is 25.4 Å². The first-order chi connectivity index (χ1) is 14.0. The van der Waals surface area contributed by atoms with E-state index in [-0.39, 0.29) is 17.7 Å². The maximum atomic E-state index is 12.4. The van der Waals surface area contributed by atoms with E-state index in [0.717, 1.165) is 11.6 Å². The Labute approximate surface area is 170 Å². The summed E-state index contributed by atoms with van der Waals surface area (Å²) in [7, 11) is 3.44. The lowest BCUT2D eigenvalue weighted by Gasteiger charge is -2.10. The van der Waals surface area contributed by atoms with Crippen LogP contribution in [0.5, 0.6) is 5.75 Å². The van der Waals surface area contributed by atoms with Crippen molar-refractivity contribution < 1.29 is 14.3 Å². The van der Waals surface area contributed by atoms with Gasteiger partial charge in [-0.25, -0.2) is 0 Å². The summed E-state index contributed by atoms with van der Waals surface area (Å²) in [5, 5.41) is 5.54. The molecule has 2 aromatic rings. The van der Waals surface area contributed by atoms with Crippen molar-refractivity contribution in [2.24, 2.45) is 5.73 Å². The third-order valence-corrected chi connectivity index (χ3v) is 4.36. The van der Waals surface area contributed by atoms with Gasteiger partial charge in [-0.1, -0.05) is 12.1 Å². The van der Waals surface area contributed by atoms with Crippen molar-refractivity contribution in [2.75, 3.05) is 27.2 Å². The topological polar surface area (TPSA) is 115 Å². The van der Waals surface area contributed by atoms with Crippen LogP contribution in [0.4, 0.5) is 0 Å². The molecule has 1 aromatic carbocycles. The van der Waals surface area contributed by atoms with Gasteiger partial charge in [-0.3, -0.25) is 14.4 Å². The van der Waals surface area contributed by atoms with Gasteiger partial charge in [0, 0.05) is 31.4 Å². The molecule has 1 aliphatic carbocycles. The van der Waals surface area contributed by atoms with E-state index in [4.69, 9.17) is 10.5 Å². The molecule has 1 heterocycles. The Kier molecular flexibility index (Phi) is 8.57. The number of benzene rings is 1. The molecule has 3 rings (SSSR count). The van der Waals surface area contributed by atoms with Crippen LogP contribution < -0.4 is 26.7 Å². The van der Waals surface area contributed by atoms with Crippen molar-refractivity contribution in [1.29, 1.82) is 0 Å². The zero-order valence-corrected chi connectivity index (χ0v) is 16.8. The fourth-order valence-corrected chi connectivity index (χ4v) is 2.57. The number of nitrogens with one attached hydrogen (secondary N) is 2. The number of nitrogens with zero attached hydrogens (tertiary/aromatic N) is 1. The minimum atomic E-state index is -0.525. The molecule has 0 spiro atoms. The Morgan fingerprint density at radius 2 is 1.97 bits per heavy atom. The third-order valence-electron chi connectivity index (χ3n) is 4.36. The summed E-state index contributed by atoms with van der Waals surface area (Å²) in [5.74, 6) is 0.159. The molecule has 156 valence electrons. The second kappa shape index (κ2) is 11.1. The predicted molar refractivity (Wildman–Crippen MR) is 112 cm³/mol. The van der Waals surface area contributed by atoms with E-state index in [0.29, 0.717) is 25.2 Å². The van der Waals surface area contributed by atoms with Crippen LogP contribution in [0, 0.1) is 0 Å². The zero-order valence-electron chi connectivity index (χ0n) is 16.8. The number of amides is 1. The molecule has 0 unspecified atom stereocenters. The first-order valence-corrected chi connectivity index (χ1v) is 9.53. The summed E-state index contributed by atoms with van der Waals surface area (Å²) in [5.41, 5.74) is 5.95. The summed E-state index contributed by atoms with van der Waals surface area (Å²) in [6, 6.07) is 9.35. The number of carbonyl (C=O) groups excluding carboxylic acids is 2. The van der Waals surface area contributed by atoms with Gasteiger partial charge in [0.15, 0.2) is 6.29 Å². The van der Waals surface area contributed by atoms with Gasteiger partial charge < -0.3 is 25.7 Å². The minimum absolute atomic E-state index is 0.0648. The molecule has 8 nitrogen and oxygen atoms in total. The number of ether oxygens (including phenoxy) is 1. The highest BCUT2D eigenvalue weighted by Gasteiger charge is 2.17. The summed E-state index contributed by atoms with van der Waals surface area (Å²) >= 11 is 0. The number of nitrogens with two attached hydrogens (primary N) is 1. The van der Waals surface area contributed by atoms with Gasteiger partial charge in [0.25, 0.3) is 11.5 Å². The van der Waals surface area contributed by atoms with Crippen LogP contribution in [0.1, 0.15) is 39.1 Å².